The summed E-state index contributed by atoms with van der Waals surface area (Å²) in [6.45, 7) is 3.11. The second kappa shape index (κ2) is 8.33. The van der Waals surface area contributed by atoms with E-state index in [4.69, 9.17) is 4.74 Å². The highest BCUT2D eigenvalue weighted by Crippen LogP contribution is 2.25. The van der Waals surface area contributed by atoms with Crippen LogP contribution in [0.2, 0.25) is 0 Å². The Kier molecular flexibility index (Phi) is 6.21. The third-order valence-electron chi connectivity index (χ3n) is 5.13. The van der Waals surface area contributed by atoms with Crippen molar-refractivity contribution in [3.63, 3.8) is 0 Å². The lowest BCUT2D eigenvalue weighted by atomic mass is 10.1. The van der Waals surface area contributed by atoms with E-state index in [1.165, 1.54) is 18.2 Å². The summed E-state index contributed by atoms with van der Waals surface area (Å²) >= 11 is 0. The summed E-state index contributed by atoms with van der Waals surface area (Å²) in [7, 11) is -5.68. The fourth-order valence-electron chi connectivity index (χ4n) is 3.43. The monoisotopic (exact) mass is 438 g/mol. The van der Waals surface area contributed by atoms with Crippen LogP contribution in [0.3, 0.4) is 0 Å². The van der Waals surface area contributed by atoms with Crippen LogP contribution < -0.4 is 14.4 Å². The van der Waals surface area contributed by atoms with Crippen molar-refractivity contribution in [2.45, 2.75) is 35.6 Å². The fraction of sp³-hybridized carbons (Fsp3) is 0.400. The topological polar surface area (TPSA) is 92.8 Å². The van der Waals surface area contributed by atoms with E-state index in [0.717, 1.165) is 30.8 Å². The van der Waals surface area contributed by atoms with Gasteiger partial charge in [-0.3, -0.25) is 0 Å². The first-order valence-corrected chi connectivity index (χ1v) is 12.7. The van der Waals surface area contributed by atoms with Gasteiger partial charge in [-0.05, 0) is 61.7 Å². The van der Waals surface area contributed by atoms with E-state index in [9.17, 15) is 16.8 Å². The number of sulfone groups is 1. The number of benzene rings is 2. The first kappa shape index (κ1) is 21.6. The normalized spacial score (nSPS) is 16.0. The first-order valence-electron chi connectivity index (χ1n) is 9.32. The fourth-order valence-corrected chi connectivity index (χ4v) is 5.73. The molecule has 158 valence electrons. The Morgan fingerprint density at radius 3 is 2.17 bits per heavy atom. The maximum Gasteiger partial charge on any atom is 0.241 e. The van der Waals surface area contributed by atoms with Gasteiger partial charge in [0, 0.05) is 31.1 Å². The van der Waals surface area contributed by atoms with Crippen LogP contribution in [0.15, 0.2) is 52.3 Å². The van der Waals surface area contributed by atoms with Crippen LogP contribution in [0.4, 0.5) is 5.69 Å². The highest BCUT2D eigenvalue weighted by Gasteiger charge is 2.26. The van der Waals surface area contributed by atoms with E-state index < -0.39 is 19.9 Å². The summed E-state index contributed by atoms with van der Waals surface area (Å²) in [5, 5.41) is 0. The van der Waals surface area contributed by atoms with Crippen molar-refractivity contribution in [2.24, 2.45) is 0 Å². The second-order valence-corrected chi connectivity index (χ2v) is 11.0. The van der Waals surface area contributed by atoms with Crippen molar-refractivity contribution in [3.05, 3.63) is 48.0 Å². The van der Waals surface area contributed by atoms with Crippen molar-refractivity contribution >= 4 is 25.5 Å². The van der Waals surface area contributed by atoms with E-state index in [1.807, 2.05) is 24.3 Å². The molecular formula is C20H26N2O5S2. The number of hydrogen-bond acceptors (Lipinski definition) is 6. The van der Waals surface area contributed by atoms with Gasteiger partial charge in [0.05, 0.1) is 16.9 Å². The quantitative estimate of drug-likeness (QED) is 0.744. The highest BCUT2D eigenvalue weighted by molar-refractivity contribution is 7.91. The average Bonchev–Trinajstić information content (AvgIpc) is 2.67. The lowest BCUT2D eigenvalue weighted by Gasteiger charge is -2.34. The summed E-state index contributed by atoms with van der Waals surface area (Å²) in [5.41, 5.74) is 1.59. The maximum atomic E-state index is 12.9. The molecule has 0 aromatic heterocycles. The van der Waals surface area contributed by atoms with Crippen molar-refractivity contribution in [2.75, 3.05) is 31.4 Å². The molecule has 1 heterocycles. The molecule has 1 aliphatic rings. The summed E-state index contributed by atoms with van der Waals surface area (Å²) in [4.78, 5) is 2.22. The molecule has 1 N–H and O–H groups in total. The van der Waals surface area contributed by atoms with E-state index in [-0.39, 0.29) is 15.8 Å². The van der Waals surface area contributed by atoms with Gasteiger partial charge in [0.1, 0.15) is 5.75 Å². The minimum absolute atomic E-state index is 0.00204. The van der Waals surface area contributed by atoms with Crippen LogP contribution in [0.25, 0.3) is 0 Å². The molecular weight excluding hydrogens is 412 g/mol. The summed E-state index contributed by atoms with van der Waals surface area (Å²) in [5.74, 6) is 0.795. The van der Waals surface area contributed by atoms with Crippen molar-refractivity contribution in [1.82, 2.24) is 4.72 Å². The number of sulfonamides is 1. The molecule has 1 saturated heterocycles. The van der Waals surface area contributed by atoms with Gasteiger partial charge >= 0.3 is 0 Å². The van der Waals surface area contributed by atoms with E-state index in [0.29, 0.717) is 18.4 Å². The number of hydrogen-bond donors (Lipinski definition) is 1. The Hall–Kier alpha value is -2.10. The summed E-state index contributed by atoms with van der Waals surface area (Å²) in [6, 6.07) is 11.8. The largest absolute Gasteiger partial charge is 0.497 e. The lowest BCUT2D eigenvalue weighted by Crippen LogP contribution is -2.44. The molecule has 0 aliphatic carbocycles. The number of anilines is 1. The molecule has 0 amide bonds. The molecule has 0 bridgehead atoms. The molecule has 9 heteroatoms. The third kappa shape index (κ3) is 5.09. The van der Waals surface area contributed by atoms with Gasteiger partial charge in [0.25, 0.3) is 0 Å². The molecule has 0 saturated carbocycles. The van der Waals surface area contributed by atoms with Gasteiger partial charge in [-0.2, -0.15) is 0 Å². The zero-order valence-electron chi connectivity index (χ0n) is 16.8. The van der Waals surface area contributed by atoms with Crippen molar-refractivity contribution in [1.29, 1.82) is 0 Å². The van der Waals surface area contributed by atoms with Crippen LogP contribution in [0, 0.1) is 6.92 Å². The molecule has 0 unspecified atom stereocenters. The minimum atomic E-state index is -3.81. The molecule has 0 spiro atoms. The molecule has 7 nitrogen and oxygen atoms in total. The predicted molar refractivity (Wildman–Crippen MR) is 113 cm³/mol. The Labute approximate surface area is 172 Å². The highest BCUT2D eigenvalue weighted by atomic mass is 32.2. The van der Waals surface area contributed by atoms with Crippen LogP contribution in [0.1, 0.15) is 18.4 Å². The zero-order chi connectivity index (χ0) is 21.2. The SMILES string of the molecule is COc1ccc(N2CCC(NS(=O)(=O)c3cc(S(C)(=O)=O)ccc3C)CC2)cc1. The Balaban J connectivity index is 1.69. The predicted octanol–water partition coefficient (Wildman–Crippen LogP) is 2.35. The number of ether oxygens (including phenoxy) is 1. The number of aryl methyl sites for hydroxylation is 1. The van der Waals surface area contributed by atoms with Gasteiger partial charge in [0.15, 0.2) is 9.84 Å². The van der Waals surface area contributed by atoms with Crippen molar-refractivity contribution in [3.8, 4) is 5.75 Å². The number of rotatable bonds is 6. The number of piperidine rings is 1. The number of nitrogens with one attached hydrogen (secondary N) is 1. The van der Waals surface area contributed by atoms with Crippen LogP contribution in [0.5, 0.6) is 5.75 Å². The molecule has 0 atom stereocenters. The van der Waals surface area contributed by atoms with Gasteiger partial charge in [-0.1, -0.05) is 6.07 Å². The van der Waals surface area contributed by atoms with E-state index in [1.54, 1.807) is 14.0 Å². The molecule has 2 aromatic rings. The van der Waals surface area contributed by atoms with E-state index in [2.05, 4.69) is 9.62 Å². The van der Waals surface area contributed by atoms with Gasteiger partial charge < -0.3 is 9.64 Å². The maximum absolute atomic E-state index is 12.9. The molecule has 1 aliphatic heterocycles. The molecule has 2 aromatic carbocycles. The van der Waals surface area contributed by atoms with Gasteiger partial charge in [-0.25, -0.2) is 21.6 Å². The summed E-state index contributed by atoms with van der Waals surface area (Å²) < 4.78 is 57.3. The second-order valence-electron chi connectivity index (χ2n) is 7.28. The smallest absolute Gasteiger partial charge is 0.241 e. The standard InChI is InChI=1S/C20H26N2O5S2/c1-15-4-9-19(28(3,23)24)14-20(15)29(25,26)21-16-10-12-22(13-11-16)17-5-7-18(27-2)8-6-17/h4-9,14,16,21H,10-13H2,1-3H3. The Bertz CT molecular complexity index is 1070. The number of methoxy groups -OCH3 is 1. The lowest BCUT2D eigenvalue weighted by molar-refractivity contribution is 0.414. The Morgan fingerprint density at radius 2 is 1.62 bits per heavy atom. The first-order chi connectivity index (χ1) is 13.6. The Morgan fingerprint density at radius 1 is 1.00 bits per heavy atom. The average molecular weight is 439 g/mol. The molecule has 3 rings (SSSR count). The van der Waals surface area contributed by atoms with Gasteiger partial charge in [-0.15, -0.1) is 0 Å². The van der Waals surface area contributed by atoms with Crippen LogP contribution in [-0.4, -0.2) is 49.3 Å². The molecule has 0 radical (unpaired) electrons. The summed E-state index contributed by atoms with van der Waals surface area (Å²) in [6.07, 6.45) is 2.39. The van der Waals surface area contributed by atoms with Crippen molar-refractivity contribution < 1.29 is 21.6 Å². The van der Waals surface area contributed by atoms with Gasteiger partial charge in [0.2, 0.25) is 10.0 Å². The van der Waals surface area contributed by atoms with Crippen LogP contribution in [-0.2, 0) is 19.9 Å². The van der Waals surface area contributed by atoms with Crippen LogP contribution >= 0.6 is 0 Å². The third-order valence-corrected chi connectivity index (χ3v) is 7.90. The molecule has 1 fully saturated rings. The zero-order valence-corrected chi connectivity index (χ0v) is 18.4. The minimum Gasteiger partial charge on any atom is -0.497 e. The molecule has 29 heavy (non-hydrogen) atoms. The number of nitrogens with zero attached hydrogens (tertiary/aromatic N) is 1. The van der Waals surface area contributed by atoms with E-state index >= 15 is 0 Å².